The first-order valence-electron chi connectivity index (χ1n) is 10.1. The van der Waals surface area contributed by atoms with Gasteiger partial charge < -0.3 is 10.5 Å². The van der Waals surface area contributed by atoms with E-state index >= 15 is 0 Å². The Labute approximate surface area is 165 Å². The lowest BCUT2D eigenvalue weighted by Crippen LogP contribution is -2.47. The highest BCUT2D eigenvalue weighted by atomic mass is 16.6. The number of carbonyl (C=O) groups is 2. The molecule has 0 fully saturated rings. The molecule has 0 saturated carbocycles. The van der Waals surface area contributed by atoms with Crippen molar-refractivity contribution in [3.8, 4) is 0 Å². The van der Waals surface area contributed by atoms with Gasteiger partial charge in [0, 0.05) is 6.08 Å². The molecule has 0 saturated heterocycles. The van der Waals surface area contributed by atoms with E-state index < -0.39 is 17.5 Å². The van der Waals surface area contributed by atoms with Gasteiger partial charge in [-0.05, 0) is 51.4 Å². The van der Waals surface area contributed by atoms with Gasteiger partial charge >= 0.3 is 5.97 Å². The van der Waals surface area contributed by atoms with E-state index in [9.17, 15) is 9.59 Å². The number of hydrogen-bond acceptors (Lipinski definition) is 3. The summed E-state index contributed by atoms with van der Waals surface area (Å²) in [7, 11) is 0. The van der Waals surface area contributed by atoms with Crippen molar-refractivity contribution in [3.05, 3.63) is 49.1 Å². The van der Waals surface area contributed by atoms with Crippen molar-refractivity contribution in [1.82, 2.24) is 0 Å². The number of primary amides is 1. The van der Waals surface area contributed by atoms with Crippen molar-refractivity contribution in [3.63, 3.8) is 0 Å². The lowest BCUT2D eigenvalue weighted by molar-refractivity contribution is -0.164. The second-order valence-electron chi connectivity index (χ2n) is 6.58. The van der Waals surface area contributed by atoms with E-state index in [1.165, 1.54) is 0 Å². The van der Waals surface area contributed by atoms with Gasteiger partial charge in [-0.25, -0.2) is 4.79 Å². The van der Waals surface area contributed by atoms with E-state index in [0.29, 0.717) is 12.8 Å². The fourth-order valence-electron chi connectivity index (χ4n) is 2.73. The summed E-state index contributed by atoms with van der Waals surface area (Å²) < 4.78 is 5.26. The van der Waals surface area contributed by atoms with Gasteiger partial charge in [0.25, 0.3) is 5.91 Å². The number of hydrogen-bond donors (Lipinski definition) is 1. The van der Waals surface area contributed by atoms with E-state index in [4.69, 9.17) is 10.5 Å². The number of esters is 1. The average Bonchev–Trinajstić information content (AvgIpc) is 2.66. The maximum absolute atomic E-state index is 11.8. The Morgan fingerprint density at radius 2 is 1.52 bits per heavy atom. The number of unbranched alkanes of at least 4 members (excludes halogenated alkanes) is 4. The van der Waals surface area contributed by atoms with Crippen LogP contribution in [0.1, 0.15) is 78.1 Å². The van der Waals surface area contributed by atoms with Gasteiger partial charge in [-0.3, -0.25) is 4.79 Å². The number of ether oxygens (including phenoxy) is 1. The van der Waals surface area contributed by atoms with Crippen LogP contribution in [0.3, 0.4) is 0 Å². The van der Waals surface area contributed by atoms with E-state index in [-0.39, 0.29) is 0 Å². The molecule has 0 aliphatic heterocycles. The molecule has 0 spiro atoms. The van der Waals surface area contributed by atoms with Crippen LogP contribution in [0, 0.1) is 0 Å². The lowest BCUT2D eigenvalue weighted by Gasteiger charge is -2.28. The Morgan fingerprint density at radius 1 is 0.926 bits per heavy atom. The third-order valence-electron chi connectivity index (χ3n) is 4.46. The molecule has 4 heteroatoms. The molecule has 0 aliphatic carbocycles. The van der Waals surface area contributed by atoms with Gasteiger partial charge in [-0.1, -0.05) is 69.7 Å². The van der Waals surface area contributed by atoms with Gasteiger partial charge in [0.2, 0.25) is 0 Å². The molecular formula is C23H37NO3. The zero-order valence-electron chi connectivity index (χ0n) is 17.1. The molecule has 0 rings (SSSR count). The molecule has 0 aromatic carbocycles. The molecule has 0 aliphatic rings. The minimum Gasteiger partial charge on any atom is -0.446 e. The third kappa shape index (κ3) is 12.0. The number of nitrogens with two attached hydrogens (primary N) is 1. The van der Waals surface area contributed by atoms with Gasteiger partial charge in [0.05, 0.1) is 0 Å². The molecule has 0 aromatic rings. The first-order chi connectivity index (χ1) is 13.0. The number of carbonyl (C=O) groups excluding carboxylic acids is 2. The van der Waals surface area contributed by atoms with Crippen LogP contribution in [0.2, 0.25) is 0 Å². The summed E-state index contributed by atoms with van der Waals surface area (Å²) in [4.78, 5) is 23.2. The molecule has 1 atom stereocenters. The SMILES string of the molecule is C=CC(=O)OC(CC)(CCCCCC/C=C\C/C=C\C/C=C\CC)C(N)=O. The summed E-state index contributed by atoms with van der Waals surface area (Å²) in [6, 6.07) is 0. The van der Waals surface area contributed by atoms with Crippen LogP contribution < -0.4 is 5.73 Å². The van der Waals surface area contributed by atoms with Crippen LogP contribution in [-0.2, 0) is 14.3 Å². The van der Waals surface area contributed by atoms with Crippen LogP contribution >= 0.6 is 0 Å². The third-order valence-corrected chi connectivity index (χ3v) is 4.46. The standard InChI is InChI=1S/C23H37NO3/c1-4-7-8-9-10-11-12-13-14-15-16-17-18-19-20-23(6-3,22(24)26)27-21(25)5-2/h5,7-8,10-11,13-14H,2,4,6,9,12,15-20H2,1,3H3,(H2,24,26)/b8-7-,11-10-,14-13-. The summed E-state index contributed by atoms with van der Waals surface area (Å²) in [5.74, 6) is -1.18. The second kappa shape index (κ2) is 16.1. The molecule has 0 heterocycles. The smallest absolute Gasteiger partial charge is 0.331 e. The molecule has 27 heavy (non-hydrogen) atoms. The Kier molecular flexibility index (Phi) is 14.8. The van der Waals surface area contributed by atoms with Crippen LogP contribution in [0.4, 0.5) is 0 Å². The molecule has 2 N–H and O–H groups in total. The Bertz CT molecular complexity index is 520. The summed E-state index contributed by atoms with van der Waals surface area (Å²) in [6.07, 6.45) is 23.2. The van der Waals surface area contributed by atoms with Crippen molar-refractivity contribution < 1.29 is 14.3 Å². The quantitative estimate of drug-likeness (QED) is 0.166. The highest BCUT2D eigenvalue weighted by Gasteiger charge is 2.37. The highest BCUT2D eigenvalue weighted by molar-refractivity contribution is 5.89. The zero-order chi connectivity index (χ0) is 20.4. The molecule has 0 bridgehead atoms. The van der Waals surface area contributed by atoms with Crippen LogP contribution in [0.15, 0.2) is 49.1 Å². The van der Waals surface area contributed by atoms with Gasteiger partial charge in [0.15, 0.2) is 5.60 Å². The van der Waals surface area contributed by atoms with Gasteiger partial charge in [-0.2, -0.15) is 0 Å². The normalized spacial score (nSPS) is 14.0. The predicted molar refractivity (Wildman–Crippen MR) is 113 cm³/mol. The van der Waals surface area contributed by atoms with E-state index in [1.807, 2.05) is 0 Å². The minimum absolute atomic E-state index is 0.381. The van der Waals surface area contributed by atoms with Crippen molar-refractivity contribution in [2.45, 2.75) is 83.7 Å². The second-order valence-corrected chi connectivity index (χ2v) is 6.58. The highest BCUT2D eigenvalue weighted by Crippen LogP contribution is 2.24. The Hall–Kier alpha value is -2.10. The summed E-state index contributed by atoms with van der Waals surface area (Å²) in [5.41, 5.74) is 4.27. The topological polar surface area (TPSA) is 69.4 Å². The van der Waals surface area contributed by atoms with Crippen molar-refractivity contribution >= 4 is 11.9 Å². The van der Waals surface area contributed by atoms with Gasteiger partial charge in [0.1, 0.15) is 0 Å². The van der Waals surface area contributed by atoms with Gasteiger partial charge in [-0.15, -0.1) is 0 Å². The van der Waals surface area contributed by atoms with Crippen LogP contribution in [0.5, 0.6) is 0 Å². The Balaban J connectivity index is 3.94. The lowest BCUT2D eigenvalue weighted by atomic mass is 9.92. The average molecular weight is 376 g/mol. The molecular weight excluding hydrogens is 338 g/mol. The first-order valence-corrected chi connectivity index (χ1v) is 10.1. The molecule has 1 amide bonds. The summed E-state index contributed by atoms with van der Waals surface area (Å²) in [5, 5.41) is 0. The van der Waals surface area contributed by atoms with Crippen LogP contribution in [0.25, 0.3) is 0 Å². The molecule has 0 radical (unpaired) electrons. The van der Waals surface area contributed by atoms with Crippen LogP contribution in [-0.4, -0.2) is 17.5 Å². The number of amides is 1. The summed E-state index contributed by atoms with van der Waals surface area (Å²) >= 11 is 0. The number of rotatable bonds is 16. The molecule has 152 valence electrons. The molecule has 0 aromatic heterocycles. The summed E-state index contributed by atoms with van der Waals surface area (Å²) in [6.45, 7) is 7.31. The molecule has 1 unspecified atom stereocenters. The van der Waals surface area contributed by atoms with E-state index in [0.717, 1.165) is 57.4 Å². The fraction of sp³-hybridized carbons (Fsp3) is 0.565. The van der Waals surface area contributed by atoms with E-state index in [2.05, 4.69) is 50.0 Å². The van der Waals surface area contributed by atoms with Crippen molar-refractivity contribution in [2.75, 3.05) is 0 Å². The molecule has 4 nitrogen and oxygen atoms in total. The van der Waals surface area contributed by atoms with Crippen molar-refractivity contribution in [2.24, 2.45) is 5.73 Å². The zero-order valence-corrected chi connectivity index (χ0v) is 17.1. The van der Waals surface area contributed by atoms with E-state index in [1.54, 1.807) is 6.92 Å². The minimum atomic E-state index is -1.20. The largest absolute Gasteiger partial charge is 0.446 e. The predicted octanol–water partition coefficient (Wildman–Crippen LogP) is 5.55. The maximum Gasteiger partial charge on any atom is 0.331 e. The monoisotopic (exact) mass is 375 g/mol. The Morgan fingerprint density at radius 3 is 2.07 bits per heavy atom. The maximum atomic E-state index is 11.8. The number of allylic oxidation sites excluding steroid dienone is 6. The fourth-order valence-corrected chi connectivity index (χ4v) is 2.73. The van der Waals surface area contributed by atoms with Crippen molar-refractivity contribution in [1.29, 1.82) is 0 Å². The first kappa shape index (κ1) is 24.9.